The standard InChI is InChI=1S/C17H23ClO2/c1-10-14-8-12(9-15(10)19)17(2,3)20-16(14)11-5-4-6-13(18)7-11/h4-7,10,12,14-16,19H,8-9H2,1-3H3/t10-,12-,14+,15-,16-/m0/s1. The van der Waals surface area contributed by atoms with Gasteiger partial charge in [-0.15, -0.1) is 0 Å². The molecule has 1 aromatic rings. The fourth-order valence-corrected chi connectivity index (χ4v) is 4.11. The van der Waals surface area contributed by atoms with E-state index in [0.29, 0.717) is 11.8 Å². The van der Waals surface area contributed by atoms with Crippen LogP contribution in [0.25, 0.3) is 0 Å². The molecule has 2 nitrogen and oxygen atoms in total. The molecule has 110 valence electrons. The van der Waals surface area contributed by atoms with Crippen LogP contribution in [-0.4, -0.2) is 16.8 Å². The lowest BCUT2D eigenvalue weighted by Crippen LogP contribution is -2.52. The number of hydrogen-bond donors (Lipinski definition) is 1. The van der Waals surface area contributed by atoms with Crippen molar-refractivity contribution >= 4 is 11.6 Å². The van der Waals surface area contributed by atoms with Crippen LogP contribution in [-0.2, 0) is 4.74 Å². The first-order valence-corrected chi connectivity index (χ1v) is 7.87. The molecule has 3 heteroatoms. The van der Waals surface area contributed by atoms with Gasteiger partial charge >= 0.3 is 0 Å². The highest BCUT2D eigenvalue weighted by atomic mass is 35.5. The van der Waals surface area contributed by atoms with Crippen molar-refractivity contribution in [3.8, 4) is 0 Å². The van der Waals surface area contributed by atoms with E-state index in [2.05, 4.69) is 26.8 Å². The SMILES string of the molecule is C[C@H]1[C@H]2C[C@@H](C[C@@H]1O)C(C)(C)O[C@H]2c1cccc(Cl)c1. The van der Waals surface area contributed by atoms with Crippen molar-refractivity contribution < 1.29 is 9.84 Å². The number of ether oxygens (including phenoxy) is 1. The van der Waals surface area contributed by atoms with Gasteiger partial charge in [0.2, 0.25) is 0 Å². The van der Waals surface area contributed by atoms with E-state index in [1.54, 1.807) is 0 Å². The van der Waals surface area contributed by atoms with Crippen LogP contribution in [0, 0.1) is 17.8 Å². The van der Waals surface area contributed by atoms with Crippen LogP contribution >= 0.6 is 11.6 Å². The first-order chi connectivity index (χ1) is 9.38. The molecule has 2 aliphatic rings. The third kappa shape index (κ3) is 2.38. The van der Waals surface area contributed by atoms with Crippen LogP contribution in [0.3, 0.4) is 0 Å². The average Bonchev–Trinajstić information content (AvgIpc) is 2.38. The number of fused-ring (bicyclic) bond motifs is 2. The lowest BCUT2D eigenvalue weighted by molar-refractivity contribution is -0.215. The van der Waals surface area contributed by atoms with Gasteiger partial charge in [0.15, 0.2) is 0 Å². The zero-order valence-corrected chi connectivity index (χ0v) is 13.1. The Morgan fingerprint density at radius 2 is 2.05 bits per heavy atom. The van der Waals surface area contributed by atoms with Gasteiger partial charge in [-0.25, -0.2) is 0 Å². The molecule has 0 amide bonds. The van der Waals surface area contributed by atoms with Crippen molar-refractivity contribution in [2.24, 2.45) is 17.8 Å². The molecular formula is C17H23ClO2. The monoisotopic (exact) mass is 294 g/mol. The molecule has 1 heterocycles. The molecule has 1 aromatic carbocycles. The summed E-state index contributed by atoms with van der Waals surface area (Å²) in [6.45, 7) is 6.44. The lowest BCUT2D eigenvalue weighted by atomic mass is 9.63. The largest absolute Gasteiger partial charge is 0.393 e. The summed E-state index contributed by atoms with van der Waals surface area (Å²) in [5, 5.41) is 11.1. The topological polar surface area (TPSA) is 29.5 Å². The normalized spacial score (nSPS) is 39.5. The summed E-state index contributed by atoms with van der Waals surface area (Å²) in [7, 11) is 0. The zero-order valence-electron chi connectivity index (χ0n) is 12.3. The summed E-state index contributed by atoms with van der Waals surface area (Å²) in [5.74, 6) is 1.08. The quantitative estimate of drug-likeness (QED) is 0.840. The predicted octanol–water partition coefficient (Wildman–Crippen LogP) is 4.21. The molecule has 0 unspecified atom stereocenters. The van der Waals surface area contributed by atoms with Crippen molar-refractivity contribution in [1.82, 2.24) is 0 Å². The summed E-state index contributed by atoms with van der Waals surface area (Å²) in [6.07, 6.45) is 1.79. The van der Waals surface area contributed by atoms with Gasteiger partial charge in [-0.3, -0.25) is 0 Å². The second kappa shape index (κ2) is 5.01. The third-order valence-corrected chi connectivity index (χ3v) is 5.58. The molecule has 0 aromatic heterocycles. The van der Waals surface area contributed by atoms with Crippen LogP contribution in [0.4, 0.5) is 0 Å². The Hall–Kier alpha value is -0.570. The third-order valence-electron chi connectivity index (χ3n) is 5.34. The summed E-state index contributed by atoms with van der Waals surface area (Å²) < 4.78 is 6.43. The van der Waals surface area contributed by atoms with E-state index in [-0.39, 0.29) is 23.7 Å². The van der Waals surface area contributed by atoms with Crippen molar-refractivity contribution in [3.63, 3.8) is 0 Å². The molecule has 1 N–H and O–H groups in total. The van der Waals surface area contributed by atoms with E-state index in [9.17, 15) is 5.11 Å². The van der Waals surface area contributed by atoms with Crippen LogP contribution in [0.15, 0.2) is 24.3 Å². The van der Waals surface area contributed by atoms with Gasteiger partial charge in [-0.2, -0.15) is 0 Å². The zero-order chi connectivity index (χ0) is 14.5. The van der Waals surface area contributed by atoms with E-state index in [1.807, 2.05) is 18.2 Å². The highest BCUT2D eigenvalue weighted by Crippen LogP contribution is 2.53. The molecule has 3 rings (SSSR count). The first-order valence-electron chi connectivity index (χ1n) is 7.50. The van der Waals surface area contributed by atoms with E-state index in [1.165, 1.54) is 0 Å². The molecular weight excluding hydrogens is 272 g/mol. The number of halogens is 1. The fraction of sp³-hybridized carbons (Fsp3) is 0.647. The summed E-state index contributed by atoms with van der Waals surface area (Å²) in [4.78, 5) is 0. The maximum absolute atomic E-state index is 10.4. The van der Waals surface area contributed by atoms with E-state index < -0.39 is 0 Å². The van der Waals surface area contributed by atoms with Gasteiger partial charge in [0.1, 0.15) is 0 Å². The van der Waals surface area contributed by atoms with E-state index in [4.69, 9.17) is 16.3 Å². The van der Waals surface area contributed by atoms with Gasteiger partial charge < -0.3 is 9.84 Å². The number of benzene rings is 1. The number of hydrogen-bond acceptors (Lipinski definition) is 2. The molecule has 0 spiro atoms. The smallest absolute Gasteiger partial charge is 0.0864 e. The van der Waals surface area contributed by atoms with Crippen LogP contribution < -0.4 is 0 Å². The maximum Gasteiger partial charge on any atom is 0.0864 e. The van der Waals surface area contributed by atoms with Gasteiger partial charge in [-0.1, -0.05) is 30.7 Å². The second-order valence-corrected chi connectivity index (χ2v) is 7.39. The molecule has 2 bridgehead atoms. The van der Waals surface area contributed by atoms with Gasteiger partial charge in [0.05, 0.1) is 17.8 Å². The Bertz CT molecular complexity index is 500. The van der Waals surface area contributed by atoms with Gasteiger partial charge in [0, 0.05) is 5.02 Å². The Morgan fingerprint density at radius 3 is 2.75 bits per heavy atom. The van der Waals surface area contributed by atoms with Crippen molar-refractivity contribution in [2.45, 2.75) is 51.4 Å². The summed E-state index contributed by atoms with van der Waals surface area (Å²) in [5.41, 5.74) is 0.944. The average molecular weight is 295 g/mol. The van der Waals surface area contributed by atoms with Crippen molar-refractivity contribution in [3.05, 3.63) is 34.9 Å². The summed E-state index contributed by atoms with van der Waals surface area (Å²) in [6, 6.07) is 7.95. The Balaban J connectivity index is 1.97. The molecule has 1 saturated carbocycles. The molecule has 2 fully saturated rings. The highest BCUT2D eigenvalue weighted by molar-refractivity contribution is 6.30. The van der Waals surface area contributed by atoms with Crippen molar-refractivity contribution in [2.75, 3.05) is 0 Å². The Labute approximate surface area is 126 Å². The number of aliphatic hydroxyl groups is 1. The molecule has 1 aliphatic carbocycles. The van der Waals surface area contributed by atoms with E-state index in [0.717, 1.165) is 23.4 Å². The van der Waals surface area contributed by atoms with Crippen LogP contribution in [0.1, 0.15) is 45.3 Å². The van der Waals surface area contributed by atoms with Gasteiger partial charge in [-0.05, 0) is 62.1 Å². The predicted molar refractivity (Wildman–Crippen MR) is 80.7 cm³/mol. The molecule has 1 saturated heterocycles. The van der Waals surface area contributed by atoms with Gasteiger partial charge in [0.25, 0.3) is 0 Å². The van der Waals surface area contributed by atoms with E-state index >= 15 is 0 Å². The lowest BCUT2D eigenvalue weighted by Gasteiger charge is -2.53. The Kier molecular flexibility index (Phi) is 3.60. The minimum atomic E-state index is -0.219. The number of aliphatic hydroxyl groups excluding tert-OH is 1. The van der Waals surface area contributed by atoms with Crippen LogP contribution in [0.5, 0.6) is 0 Å². The first kappa shape index (κ1) is 14.4. The molecule has 5 atom stereocenters. The molecule has 20 heavy (non-hydrogen) atoms. The highest BCUT2D eigenvalue weighted by Gasteiger charge is 2.50. The number of rotatable bonds is 1. The minimum absolute atomic E-state index is 0.0323. The fourth-order valence-electron chi connectivity index (χ4n) is 3.91. The maximum atomic E-state index is 10.4. The molecule has 0 radical (unpaired) electrons. The van der Waals surface area contributed by atoms with Crippen LogP contribution in [0.2, 0.25) is 5.02 Å². The second-order valence-electron chi connectivity index (χ2n) is 6.96. The van der Waals surface area contributed by atoms with Crippen molar-refractivity contribution in [1.29, 1.82) is 0 Å². The Morgan fingerprint density at radius 1 is 1.30 bits per heavy atom. The summed E-state index contributed by atoms with van der Waals surface area (Å²) >= 11 is 6.13. The molecule has 1 aliphatic heterocycles. The minimum Gasteiger partial charge on any atom is -0.393 e.